The Morgan fingerprint density at radius 1 is 1.41 bits per heavy atom. The van der Waals surface area contributed by atoms with E-state index in [1.54, 1.807) is 6.07 Å². The lowest BCUT2D eigenvalue weighted by Gasteiger charge is -2.09. The van der Waals surface area contributed by atoms with E-state index in [9.17, 15) is 13.2 Å². The third kappa shape index (κ3) is 2.45. The summed E-state index contributed by atoms with van der Waals surface area (Å²) in [5.41, 5.74) is -0.247. The Hall–Kier alpha value is -1.87. The zero-order valence-corrected chi connectivity index (χ0v) is 10.2. The normalized spacial score (nSPS) is 11.2. The van der Waals surface area contributed by atoms with Crippen LogP contribution in [0, 0.1) is 11.3 Å². The number of nitriles is 1. The van der Waals surface area contributed by atoms with E-state index in [4.69, 9.17) is 10.4 Å². The predicted octanol–water partition coefficient (Wildman–Crippen LogP) is 1.44. The Bertz CT molecular complexity index is 596. The fourth-order valence-electron chi connectivity index (χ4n) is 1.25. The minimum absolute atomic E-state index is 0.107. The van der Waals surface area contributed by atoms with Crippen LogP contribution in [0.5, 0.6) is 0 Å². The van der Waals surface area contributed by atoms with Crippen molar-refractivity contribution in [3.8, 4) is 6.07 Å². The summed E-state index contributed by atoms with van der Waals surface area (Å²) in [5.74, 6) is -1.20. The van der Waals surface area contributed by atoms with Gasteiger partial charge in [-0.25, -0.2) is 13.2 Å². The van der Waals surface area contributed by atoms with E-state index in [0.29, 0.717) is 0 Å². The lowest BCUT2D eigenvalue weighted by Crippen LogP contribution is -2.15. The first kappa shape index (κ1) is 13.2. The number of rotatable bonds is 3. The molecule has 0 spiro atoms. The van der Waals surface area contributed by atoms with Crippen LogP contribution < -0.4 is 0 Å². The first-order chi connectivity index (χ1) is 7.80. The minimum Gasteiger partial charge on any atom is -0.478 e. The zero-order valence-electron chi connectivity index (χ0n) is 9.34. The van der Waals surface area contributed by atoms with Crippen molar-refractivity contribution in [1.29, 1.82) is 5.26 Å². The van der Waals surface area contributed by atoms with Crippen LogP contribution in [0.2, 0.25) is 0 Å². The topological polar surface area (TPSA) is 95.2 Å². The van der Waals surface area contributed by atoms with Crippen molar-refractivity contribution >= 4 is 15.8 Å². The van der Waals surface area contributed by atoms with E-state index in [1.807, 2.05) is 0 Å². The van der Waals surface area contributed by atoms with Gasteiger partial charge in [0.25, 0.3) is 0 Å². The molecule has 1 N–H and O–H groups in total. The molecule has 5 nitrogen and oxygen atoms in total. The molecule has 0 aliphatic rings. The number of nitrogens with zero attached hydrogens (tertiary/aromatic N) is 1. The Morgan fingerprint density at radius 2 is 2.00 bits per heavy atom. The molecule has 0 saturated carbocycles. The summed E-state index contributed by atoms with van der Waals surface area (Å²) < 4.78 is 23.8. The molecule has 0 amide bonds. The van der Waals surface area contributed by atoms with Gasteiger partial charge in [-0.3, -0.25) is 0 Å². The van der Waals surface area contributed by atoms with Crippen LogP contribution in [-0.2, 0) is 9.84 Å². The summed E-state index contributed by atoms with van der Waals surface area (Å²) in [6.45, 7) is 3.00. The van der Waals surface area contributed by atoms with Gasteiger partial charge < -0.3 is 5.11 Å². The molecule has 1 rings (SSSR count). The average Bonchev–Trinajstić information content (AvgIpc) is 2.27. The van der Waals surface area contributed by atoms with Crippen LogP contribution >= 0.6 is 0 Å². The van der Waals surface area contributed by atoms with Crippen LogP contribution in [0.25, 0.3) is 0 Å². The van der Waals surface area contributed by atoms with Crippen molar-refractivity contribution in [3.05, 3.63) is 29.3 Å². The molecule has 1 aromatic rings. The number of carboxylic acid groups (broad SMARTS) is 1. The van der Waals surface area contributed by atoms with Gasteiger partial charge in [0.15, 0.2) is 9.84 Å². The lowest BCUT2D eigenvalue weighted by atomic mass is 10.1. The number of carboxylic acids is 1. The van der Waals surface area contributed by atoms with Gasteiger partial charge >= 0.3 is 5.97 Å². The maximum absolute atomic E-state index is 11.9. The molecule has 0 aromatic heterocycles. The van der Waals surface area contributed by atoms with Gasteiger partial charge in [0.1, 0.15) is 6.07 Å². The molecule has 90 valence electrons. The summed E-state index contributed by atoms with van der Waals surface area (Å²) in [4.78, 5) is 10.6. The predicted molar refractivity (Wildman–Crippen MR) is 60.4 cm³/mol. The monoisotopic (exact) mass is 253 g/mol. The summed E-state index contributed by atoms with van der Waals surface area (Å²) >= 11 is 0. The standard InChI is InChI=1S/C11H11NO4S/c1-7(2)17(15,16)10-4-3-8(11(13)14)5-9(10)6-12/h3-5,7H,1-2H3,(H,13,14). The van der Waals surface area contributed by atoms with Crippen molar-refractivity contribution in [2.24, 2.45) is 0 Å². The highest BCUT2D eigenvalue weighted by molar-refractivity contribution is 7.92. The summed E-state index contributed by atoms with van der Waals surface area (Å²) in [5, 5.41) is 16.9. The Labute approximate surface area is 99.2 Å². The van der Waals surface area contributed by atoms with E-state index in [0.717, 1.165) is 12.1 Å². The van der Waals surface area contributed by atoms with E-state index in [-0.39, 0.29) is 16.0 Å². The van der Waals surface area contributed by atoms with E-state index < -0.39 is 21.1 Å². The molecule has 0 radical (unpaired) electrons. The minimum atomic E-state index is -3.58. The van der Waals surface area contributed by atoms with Crippen molar-refractivity contribution in [2.75, 3.05) is 0 Å². The molecule has 0 aliphatic carbocycles. The number of carbonyl (C=O) groups is 1. The first-order valence-corrected chi connectivity index (χ1v) is 6.36. The van der Waals surface area contributed by atoms with E-state index >= 15 is 0 Å². The third-order valence-electron chi connectivity index (χ3n) is 2.27. The van der Waals surface area contributed by atoms with Crippen LogP contribution in [0.1, 0.15) is 29.8 Å². The SMILES string of the molecule is CC(C)S(=O)(=O)c1ccc(C(=O)O)cc1C#N. The largest absolute Gasteiger partial charge is 0.478 e. The second-order valence-electron chi connectivity index (χ2n) is 3.72. The Balaban J connectivity index is 3.49. The maximum atomic E-state index is 11.9. The number of hydrogen-bond acceptors (Lipinski definition) is 4. The van der Waals surface area contributed by atoms with Crippen LogP contribution in [0.15, 0.2) is 23.1 Å². The number of benzene rings is 1. The van der Waals surface area contributed by atoms with Crippen molar-refractivity contribution in [1.82, 2.24) is 0 Å². The number of sulfone groups is 1. The van der Waals surface area contributed by atoms with Gasteiger partial charge in [-0.1, -0.05) is 0 Å². The first-order valence-electron chi connectivity index (χ1n) is 4.82. The Kier molecular flexibility index (Phi) is 3.53. The molecule has 17 heavy (non-hydrogen) atoms. The van der Waals surface area contributed by atoms with Gasteiger partial charge in [-0.05, 0) is 32.0 Å². The highest BCUT2D eigenvalue weighted by atomic mass is 32.2. The highest BCUT2D eigenvalue weighted by Gasteiger charge is 2.23. The molecule has 0 atom stereocenters. The smallest absolute Gasteiger partial charge is 0.335 e. The molecule has 1 aromatic carbocycles. The molecule has 0 unspecified atom stereocenters. The van der Waals surface area contributed by atoms with Crippen molar-refractivity contribution in [3.63, 3.8) is 0 Å². The van der Waals surface area contributed by atoms with Gasteiger partial charge in [0.2, 0.25) is 0 Å². The second kappa shape index (κ2) is 4.55. The lowest BCUT2D eigenvalue weighted by molar-refractivity contribution is 0.0696. The highest BCUT2D eigenvalue weighted by Crippen LogP contribution is 2.21. The van der Waals surface area contributed by atoms with Gasteiger partial charge in [0, 0.05) is 0 Å². The Morgan fingerprint density at radius 3 is 2.41 bits per heavy atom. The summed E-state index contributed by atoms with van der Waals surface area (Å²) in [6, 6.07) is 5.12. The molecule has 0 bridgehead atoms. The van der Waals surface area contributed by atoms with Crippen LogP contribution in [0.4, 0.5) is 0 Å². The van der Waals surface area contributed by atoms with Crippen molar-refractivity contribution in [2.45, 2.75) is 24.0 Å². The number of aromatic carboxylic acids is 1. The average molecular weight is 253 g/mol. The summed E-state index contributed by atoms with van der Waals surface area (Å²) in [7, 11) is -3.58. The quantitative estimate of drug-likeness (QED) is 0.879. The molecule has 0 aliphatic heterocycles. The summed E-state index contributed by atoms with van der Waals surface area (Å²) in [6.07, 6.45) is 0. The molecule has 0 heterocycles. The third-order valence-corrected chi connectivity index (χ3v) is 4.48. The fourth-order valence-corrected chi connectivity index (χ4v) is 2.43. The van der Waals surface area contributed by atoms with Crippen LogP contribution in [-0.4, -0.2) is 24.7 Å². The van der Waals surface area contributed by atoms with E-state index in [1.165, 1.54) is 19.9 Å². The zero-order chi connectivity index (χ0) is 13.2. The maximum Gasteiger partial charge on any atom is 0.335 e. The molecule has 0 fully saturated rings. The van der Waals surface area contributed by atoms with Gasteiger partial charge in [-0.15, -0.1) is 0 Å². The molecular formula is C11H11NO4S. The van der Waals surface area contributed by atoms with Crippen LogP contribution in [0.3, 0.4) is 0 Å². The molecule has 6 heteroatoms. The van der Waals surface area contributed by atoms with Gasteiger partial charge in [0.05, 0.1) is 21.3 Å². The van der Waals surface area contributed by atoms with Crippen molar-refractivity contribution < 1.29 is 18.3 Å². The molecule has 0 saturated heterocycles. The fraction of sp³-hybridized carbons (Fsp3) is 0.273. The van der Waals surface area contributed by atoms with E-state index in [2.05, 4.69) is 0 Å². The second-order valence-corrected chi connectivity index (χ2v) is 6.19. The number of hydrogen-bond donors (Lipinski definition) is 1. The molecular weight excluding hydrogens is 242 g/mol. The van der Waals surface area contributed by atoms with Gasteiger partial charge in [-0.2, -0.15) is 5.26 Å².